The van der Waals surface area contributed by atoms with Crippen LogP contribution < -0.4 is 0 Å². The molecule has 0 aliphatic heterocycles. The average molecular weight is 380 g/mol. The van der Waals surface area contributed by atoms with Gasteiger partial charge in [0.1, 0.15) is 5.60 Å². The summed E-state index contributed by atoms with van der Waals surface area (Å²) in [5, 5.41) is 9.99. The second-order valence-corrected chi connectivity index (χ2v) is 6.84. The van der Waals surface area contributed by atoms with E-state index in [0.717, 1.165) is 8.95 Å². The Morgan fingerprint density at radius 1 is 1.28 bits per heavy atom. The molecular formula is C13H16Br2O3. The minimum Gasteiger partial charge on any atom is -0.460 e. The van der Waals surface area contributed by atoms with E-state index in [-0.39, 0.29) is 6.42 Å². The largest absolute Gasteiger partial charge is 0.460 e. The van der Waals surface area contributed by atoms with Crippen LogP contribution in [-0.4, -0.2) is 16.7 Å². The Bertz CT molecular complexity index is 418. The van der Waals surface area contributed by atoms with Gasteiger partial charge in [-0.3, -0.25) is 4.79 Å². The lowest BCUT2D eigenvalue weighted by molar-refractivity contribution is -0.157. The number of carbonyl (C=O) groups excluding carboxylic acids is 1. The lowest BCUT2D eigenvalue weighted by Gasteiger charge is -2.20. The Labute approximate surface area is 124 Å². The monoisotopic (exact) mass is 378 g/mol. The van der Waals surface area contributed by atoms with Crippen LogP contribution in [-0.2, 0) is 9.53 Å². The van der Waals surface area contributed by atoms with E-state index in [4.69, 9.17) is 4.74 Å². The van der Waals surface area contributed by atoms with E-state index in [1.807, 2.05) is 6.07 Å². The van der Waals surface area contributed by atoms with Crippen LogP contribution in [0.3, 0.4) is 0 Å². The first-order valence-corrected chi connectivity index (χ1v) is 7.12. The molecule has 18 heavy (non-hydrogen) atoms. The first-order chi connectivity index (χ1) is 8.17. The van der Waals surface area contributed by atoms with Crippen molar-refractivity contribution in [2.24, 2.45) is 0 Å². The second-order valence-electron chi connectivity index (χ2n) is 5.01. The van der Waals surface area contributed by atoms with Gasteiger partial charge in [-0.1, -0.05) is 31.9 Å². The molecule has 0 saturated carbocycles. The molecule has 3 nitrogen and oxygen atoms in total. The van der Waals surface area contributed by atoms with Crippen molar-refractivity contribution in [2.75, 3.05) is 0 Å². The summed E-state index contributed by atoms with van der Waals surface area (Å²) < 4.78 is 6.85. The fraction of sp³-hybridized carbons (Fsp3) is 0.462. The standard InChI is InChI=1S/C13H16Br2O3/c1-13(2,3)18-12(17)7-11(16)8-4-9(14)6-10(15)5-8/h4-6,11,16H,7H2,1-3H3. The highest BCUT2D eigenvalue weighted by molar-refractivity contribution is 9.11. The number of rotatable bonds is 3. The molecule has 100 valence electrons. The van der Waals surface area contributed by atoms with E-state index in [1.54, 1.807) is 32.9 Å². The molecule has 1 N–H and O–H groups in total. The van der Waals surface area contributed by atoms with Gasteiger partial charge in [0.15, 0.2) is 0 Å². The van der Waals surface area contributed by atoms with E-state index in [1.165, 1.54) is 0 Å². The predicted octanol–water partition coefficient (Wildman–Crippen LogP) is 3.98. The number of aliphatic hydroxyl groups excluding tert-OH is 1. The second kappa shape index (κ2) is 6.17. The summed E-state index contributed by atoms with van der Waals surface area (Å²) in [6, 6.07) is 5.42. The first-order valence-electron chi connectivity index (χ1n) is 5.53. The molecule has 1 unspecified atom stereocenters. The van der Waals surface area contributed by atoms with Crippen molar-refractivity contribution in [1.29, 1.82) is 0 Å². The van der Waals surface area contributed by atoms with Gasteiger partial charge < -0.3 is 9.84 Å². The minimum atomic E-state index is -0.867. The molecule has 0 aliphatic rings. The van der Waals surface area contributed by atoms with Gasteiger partial charge in [0, 0.05) is 8.95 Å². The summed E-state index contributed by atoms with van der Waals surface area (Å²) in [6.45, 7) is 5.40. The Kier molecular flexibility index (Phi) is 5.37. The van der Waals surface area contributed by atoms with Crippen molar-refractivity contribution in [3.05, 3.63) is 32.7 Å². The van der Waals surface area contributed by atoms with Gasteiger partial charge in [0.05, 0.1) is 12.5 Å². The minimum absolute atomic E-state index is 0.0554. The number of esters is 1. The summed E-state index contributed by atoms with van der Waals surface area (Å²) in [5.74, 6) is -0.411. The number of carbonyl (C=O) groups is 1. The summed E-state index contributed by atoms with van der Waals surface area (Å²) >= 11 is 6.68. The van der Waals surface area contributed by atoms with E-state index < -0.39 is 17.7 Å². The summed E-state index contributed by atoms with van der Waals surface area (Å²) in [6.07, 6.45) is -0.922. The highest BCUT2D eigenvalue weighted by Crippen LogP contribution is 2.26. The Morgan fingerprint density at radius 2 is 1.78 bits per heavy atom. The van der Waals surface area contributed by atoms with Crippen LogP contribution in [0.25, 0.3) is 0 Å². The third kappa shape index (κ3) is 5.50. The molecule has 0 radical (unpaired) electrons. The molecule has 0 aromatic heterocycles. The third-order valence-electron chi connectivity index (χ3n) is 2.05. The molecule has 0 bridgehead atoms. The van der Waals surface area contributed by atoms with Crippen LogP contribution in [0.15, 0.2) is 27.1 Å². The molecule has 0 spiro atoms. The number of aliphatic hydroxyl groups is 1. The number of ether oxygens (including phenoxy) is 1. The molecule has 0 aliphatic carbocycles. The zero-order chi connectivity index (χ0) is 13.9. The highest BCUT2D eigenvalue weighted by atomic mass is 79.9. The van der Waals surface area contributed by atoms with Crippen molar-refractivity contribution >= 4 is 37.8 Å². The van der Waals surface area contributed by atoms with Gasteiger partial charge in [0.2, 0.25) is 0 Å². The normalized spacial score (nSPS) is 13.2. The van der Waals surface area contributed by atoms with Crippen molar-refractivity contribution in [3.63, 3.8) is 0 Å². The van der Waals surface area contributed by atoms with E-state index in [2.05, 4.69) is 31.9 Å². The molecule has 0 amide bonds. The zero-order valence-corrected chi connectivity index (χ0v) is 13.7. The highest BCUT2D eigenvalue weighted by Gasteiger charge is 2.20. The molecule has 5 heteroatoms. The zero-order valence-electron chi connectivity index (χ0n) is 10.5. The molecule has 1 aromatic carbocycles. The predicted molar refractivity (Wildman–Crippen MR) is 77.3 cm³/mol. The van der Waals surface area contributed by atoms with Crippen molar-refractivity contribution in [3.8, 4) is 0 Å². The first kappa shape index (κ1) is 15.7. The number of benzene rings is 1. The lowest BCUT2D eigenvalue weighted by Crippen LogP contribution is -2.24. The Hall–Kier alpha value is -0.390. The third-order valence-corrected chi connectivity index (χ3v) is 2.97. The van der Waals surface area contributed by atoms with Crippen molar-refractivity contribution in [2.45, 2.75) is 38.9 Å². The summed E-state index contributed by atoms with van der Waals surface area (Å²) in [4.78, 5) is 11.6. The van der Waals surface area contributed by atoms with Gasteiger partial charge in [-0.25, -0.2) is 0 Å². The average Bonchev–Trinajstić information content (AvgIpc) is 2.12. The number of halogens is 2. The molecular weight excluding hydrogens is 364 g/mol. The maximum Gasteiger partial charge on any atom is 0.309 e. The van der Waals surface area contributed by atoms with Crippen LogP contribution in [0, 0.1) is 0 Å². The van der Waals surface area contributed by atoms with Gasteiger partial charge >= 0.3 is 5.97 Å². The lowest BCUT2D eigenvalue weighted by atomic mass is 10.1. The Morgan fingerprint density at radius 3 is 2.22 bits per heavy atom. The number of hydrogen-bond acceptors (Lipinski definition) is 3. The fourth-order valence-corrected chi connectivity index (χ4v) is 2.76. The van der Waals surface area contributed by atoms with E-state index in [0.29, 0.717) is 5.56 Å². The molecule has 0 heterocycles. The maximum atomic E-state index is 11.6. The molecule has 1 aromatic rings. The maximum absolute atomic E-state index is 11.6. The van der Waals surface area contributed by atoms with Crippen LogP contribution in [0.1, 0.15) is 38.9 Å². The number of hydrogen-bond donors (Lipinski definition) is 1. The van der Waals surface area contributed by atoms with Gasteiger partial charge in [0.25, 0.3) is 0 Å². The summed E-state index contributed by atoms with van der Waals surface area (Å²) in [7, 11) is 0. The van der Waals surface area contributed by atoms with Crippen LogP contribution in [0.4, 0.5) is 0 Å². The van der Waals surface area contributed by atoms with E-state index in [9.17, 15) is 9.90 Å². The molecule has 0 fully saturated rings. The molecule has 1 atom stereocenters. The van der Waals surface area contributed by atoms with Crippen molar-refractivity contribution in [1.82, 2.24) is 0 Å². The summed E-state index contributed by atoms with van der Waals surface area (Å²) in [5.41, 5.74) is 0.136. The topological polar surface area (TPSA) is 46.5 Å². The molecule has 1 rings (SSSR count). The van der Waals surface area contributed by atoms with Crippen LogP contribution in [0.5, 0.6) is 0 Å². The van der Waals surface area contributed by atoms with Gasteiger partial charge in [-0.15, -0.1) is 0 Å². The van der Waals surface area contributed by atoms with Crippen LogP contribution >= 0.6 is 31.9 Å². The fourth-order valence-electron chi connectivity index (χ4n) is 1.43. The van der Waals surface area contributed by atoms with Crippen molar-refractivity contribution < 1.29 is 14.6 Å². The SMILES string of the molecule is CC(C)(C)OC(=O)CC(O)c1cc(Br)cc(Br)c1. The van der Waals surface area contributed by atoms with Gasteiger partial charge in [-0.05, 0) is 44.5 Å². The smallest absolute Gasteiger partial charge is 0.309 e. The molecule has 0 saturated heterocycles. The van der Waals surface area contributed by atoms with Gasteiger partial charge in [-0.2, -0.15) is 0 Å². The quantitative estimate of drug-likeness (QED) is 0.808. The Balaban J connectivity index is 2.70. The van der Waals surface area contributed by atoms with E-state index >= 15 is 0 Å². The van der Waals surface area contributed by atoms with Crippen LogP contribution in [0.2, 0.25) is 0 Å².